The molecule has 0 spiro atoms. The van der Waals surface area contributed by atoms with Gasteiger partial charge in [0, 0.05) is 14.1 Å². The first-order valence-corrected chi connectivity index (χ1v) is 7.37. The van der Waals surface area contributed by atoms with Crippen LogP contribution in [0, 0.1) is 5.41 Å². The van der Waals surface area contributed by atoms with Crippen molar-refractivity contribution in [2.45, 2.75) is 38.9 Å². The van der Waals surface area contributed by atoms with Gasteiger partial charge in [0.15, 0.2) is 0 Å². The summed E-state index contributed by atoms with van der Waals surface area (Å²) in [5, 5.41) is 8.26. The number of rotatable bonds is 1. The van der Waals surface area contributed by atoms with Gasteiger partial charge in [0.25, 0.3) is 0 Å². The first kappa shape index (κ1) is 11.7. The van der Waals surface area contributed by atoms with Crippen molar-refractivity contribution < 1.29 is 0 Å². The van der Waals surface area contributed by atoms with Crippen LogP contribution in [0.3, 0.4) is 0 Å². The van der Waals surface area contributed by atoms with E-state index in [1.807, 2.05) is 19.0 Å². The Morgan fingerprint density at radius 3 is 1.58 bits per heavy atom. The van der Waals surface area contributed by atoms with Crippen LogP contribution in [0.15, 0.2) is 0 Å². The fraction of sp³-hybridized carbons (Fsp3) is 0.889. The maximum Gasteiger partial charge on any atom is 0.130 e. The van der Waals surface area contributed by atoms with Crippen molar-refractivity contribution in [1.29, 1.82) is 5.41 Å². The van der Waals surface area contributed by atoms with Crippen LogP contribution < -0.4 is 0 Å². The molecule has 0 saturated carbocycles. The fourth-order valence-corrected chi connectivity index (χ4v) is 2.74. The number of amidine groups is 1. The Morgan fingerprint density at radius 1 is 1.17 bits per heavy atom. The molecular weight excluding hydrogens is 164 g/mol. The number of nitrogens with one attached hydrogen (secondary N) is 1. The molecule has 0 unspecified atom stereocenters. The van der Waals surface area contributed by atoms with Crippen LogP contribution >= 0.6 is 0 Å². The van der Waals surface area contributed by atoms with E-state index in [0.717, 1.165) is 5.46 Å². The molecule has 0 rings (SSSR count). The predicted molar refractivity (Wildman–Crippen MR) is 58.6 cm³/mol. The van der Waals surface area contributed by atoms with Gasteiger partial charge in [-0.1, -0.05) is 33.9 Å². The van der Waals surface area contributed by atoms with Crippen LogP contribution in [0.2, 0.25) is 18.1 Å². The van der Waals surface area contributed by atoms with Crippen LogP contribution in [0.5, 0.6) is 0 Å². The summed E-state index contributed by atoms with van der Waals surface area (Å²) in [6, 6.07) is 0. The Bertz CT molecular complexity index is 177. The maximum absolute atomic E-state index is 7.99. The Morgan fingerprint density at radius 2 is 1.50 bits per heavy atom. The normalized spacial score (nSPS) is 12.9. The van der Waals surface area contributed by atoms with Crippen molar-refractivity contribution in [2.75, 3.05) is 14.1 Å². The number of nitrogens with zero attached hydrogens (tertiary/aromatic N) is 1. The van der Waals surface area contributed by atoms with Gasteiger partial charge < -0.3 is 4.90 Å². The zero-order chi connectivity index (χ0) is 10.2. The van der Waals surface area contributed by atoms with Gasteiger partial charge in [0.2, 0.25) is 0 Å². The highest BCUT2D eigenvalue weighted by atomic mass is 28.3. The molecule has 0 heterocycles. The standard InChI is InChI=1S/C9H22N2Si/c1-9(2,3)12(6,7)8(10)11(4)5/h10H,1-7H3. The summed E-state index contributed by atoms with van der Waals surface area (Å²) in [5.74, 6) is 0. The van der Waals surface area contributed by atoms with Crippen molar-refractivity contribution in [2.24, 2.45) is 0 Å². The van der Waals surface area contributed by atoms with Crippen molar-refractivity contribution >= 4 is 13.5 Å². The second-order valence-electron chi connectivity index (χ2n) is 5.12. The molecule has 12 heavy (non-hydrogen) atoms. The van der Waals surface area contributed by atoms with E-state index in [4.69, 9.17) is 5.41 Å². The third-order valence-corrected chi connectivity index (χ3v) is 8.30. The molecule has 2 nitrogen and oxygen atoms in total. The minimum Gasteiger partial charge on any atom is -0.371 e. The molecule has 3 heteroatoms. The topological polar surface area (TPSA) is 27.1 Å². The second kappa shape index (κ2) is 3.21. The van der Waals surface area contributed by atoms with Crippen molar-refractivity contribution in [3.8, 4) is 0 Å². The SMILES string of the molecule is CN(C)C(=N)[Si](C)(C)C(C)(C)C. The molecule has 0 aliphatic carbocycles. The van der Waals surface area contributed by atoms with E-state index in [2.05, 4.69) is 33.9 Å². The van der Waals surface area contributed by atoms with E-state index in [1.54, 1.807) is 0 Å². The largest absolute Gasteiger partial charge is 0.371 e. The molecule has 0 aromatic carbocycles. The highest BCUT2D eigenvalue weighted by Crippen LogP contribution is 2.36. The van der Waals surface area contributed by atoms with Crippen molar-refractivity contribution in [1.82, 2.24) is 4.90 Å². The highest BCUT2D eigenvalue weighted by Gasteiger charge is 2.40. The van der Waals surface area contributed by atoms with E-state index in [1.165, 1.54) is 0 Å². The zero-order valence-electron chi connectivity index (χ0n) is 9.45. The molecule has 0 amide bonds. The third kappa shape index (κ3) is 2.09. The monoisotopic (exact) mass is 186 g/mol. The molecule has 0 aromatic rings. The summed E-state index contributed by atoms with van der Waals surface area (Å²) in [4.78, 5) is 1.94. The van der Waals surface area contributed by atoms with Crippen LogP contribution in [0.4, 0.5) is 0 Å². The van der Waals surface area contributed by atoms with E-state index < -0.39 is 8.07 Å². The summed E-state index contributed by atoms with van der Waals surface area (Å²) < 4.78 is 0. The first-order chi connectivity index (χ1) is 5.10. The Hall–Kier alpha value is -0.313. The van der Waals surface area contributed by atoms with E-state index >= 15 is 0 Å². The second-order valence-corrected chi connectivity index (χ2v) is 10.3. The third-order valence-electron chi connectivity index (χ3n) is 2.91. The minimum absolute atomic E-state index is 0.272. The van der Waals surface area contributed by atoms with Gasteiger partial charge in [0.05, 0.1) is 5.46 Å². The van der Waals surface area contributed by atoms with Crippen LogP contribution in [0.25, 0.3) is 0 Å². The molecule has 1 N–H and O–H groups in total. The average molecular weight is 186 g/mol. The zero-order valence-corrected chi connectivity index (χ0v) is 10.4. The molecule has 0 radical (unpaired) electrons. The van der Waals surface area contributed by atoms with Gasteiger partial charge in [-0.2, -0.15) is 0 Å². The lowest BCUT2D eigenvalue weighted by Gasteiger charge is -2.39. The predicted octanol–water partition coefficient (Wildman–Crippen LogP) is 2.57. The van der Waals surface area contributed by atoms with Crippen molar-refractivity contribution in [3.05, 3.63) is 0 Å². The van der Waals surface area contributed by atoms with Gasteiger partial charge in [-0.05, 0) is 5.04 Å². The fourth-order valence-electron chi connectivity index (χ4n) is 0.914. The summed E-state index contributed by atoms with van der Waals surface area (Å²) in [6.45, 7) is 11.2. The lowest BCUT2D eigenvalue weighted by Crippen LogP contribution is -2.51. The van der Waals surface area contributed by atoms with Crippen LogP contribution in [-0.2, 0) is 0 Å². The number of hydrogen-bond donors (Lipinski definition) is 1. The van der Waals surface area contributed by atoms with Gasteiger partial charge in [-0.15, -0.1) is 0 Å². The molecule has 0 atom stereocenters. The van der Waals surface area contributed by atoms with E-state index in [-0.39, 0.29) is 5.04 Å². The summed E-state index contributed by atoms with van der Waals surface area (Å²) >= 11 is 0. The lowest BCUT2D eigenvalue weighted by molar-refractivity contribution is 0.617. The molecule has 72 valence electrons. The molecular formula is C9H22N2Si. The summed E-state index contributed by atoms with van der Waals surface area (Å²) in [6.07, 6.45) is 0. The lowest BCUT2D eigenvalue weighted by atomic mass is 10.2. The molecule has 0 aliphatic heterocycles. The molecule has 0 aliphatic rings. The molecule has 0 fully saturated rings. The molecule has 0 aromatic heterocycles. The Kier molecular flexibility index (Phi) is 3.12. The van der Waals surface area contributed by atoms with E-state index in [0.29, 0.717) is 0 Å². The van der Waals surface area contributed by atoms with Gasteiger partial charge in [-0.25, -0.2) is 0 Å². The first-order valence-electron chi connectivity index (χ1n) is 4.37. The number of hydrogen-bond acceptors (Lipinski definition) is 1. The smallest absolute Gasteiger partial charge is 0.130 e. The van der Waals surface area contributed by atoms with Gasteiger partial charge in [-0.3, -0.25) is 5.41 Å². The molecule has 0 bridgehead atoms. The minimum atomic E-state index is -1.56. The van der Waals surface area contributed by atoms with Crippen LogP contribution in [0.1, 0.15) is 20.8 Å². The van der Waals surface area contributed by atoms with Crippen molar-refractivity contribution in [3.63, 3.8) is 0 Å². The summed E-state index contributed by atoms with van der Waals surface area (Å²) in [5.41, 5.74) is 0.829. The highest BCUT2D eigenvalue weighted by molar-refractivity contribution is 7.06. The quantitative estimate of drug-likeness (QED) is 0.380. The van der Waals surface area contributed by atoms with Crippen LogP contribution in [-0.4, -0.2) is 32.5 Å². The van der Waals surface area contributed by atoms with E-state index in [9.17, 15) is 0 Å². The average Bonchev–Trinajstić information content (AvgIpc) is 1.83. The van der Waals surface area contributed by atoms with Gasteiger partial charge >= 0.3 is 0 Å². The summed E-state index contributed by atoms with van der Waals surface area (Å²) in [7, 11) is 2.36. The Balaban J connectivity index is 4.74. The van der Waals surface area contributed by atoms with Gasteiger partial charge in [0.1, 0.15) is 8.07 Å². The molecule has 0 saturated heterocycles. The maximum atomic E-state index is 7.99. The Labute approximate surface area is 77.5 Å².